The van der Waals surface area contributed by atoms with E-state index >= 15 is 0 Å². The lowest BCUT2D eigenvalue weighted by molar-refractivity contribution is 0.410. The van der Waals surface area contributed by atoms with E-state index in [-0.39, 0.29) is 12.4 Å². The second-order valence-electron chi connectivity index (χ2n) is 4.89. The number of rotatable bonds is 3. The van der Waals surface area contributed by atoms with Crippen molar-refractivity contribution in [1.29, 1.82) is 0 Å². The summed E-state index contributed by atoms with van der Waals surface area (Å²) in [5.74, 6) is 1.65. The van der Waals surface area contributed by atoms with Crippen molar-refractivity contribution < 1.29 is 0 Å². The second-order valence-corrected chi connectivity index (χ2v) is 4.89. The van der Waals surface area contributed by atoms with Gasteiger partial charge in [0.1, 0.15) is 5.82 Å². The molecular formula is C12H22ClN5. The second kappa shape index (κ2) is 6.75. The van der Waals surface area contributed by atoms with Gasteiger partial charge in [-0.05, 0) is 31.7 Å². The predicted molar refractivity (Wildman–Crippen MR) is 77.5 cm³/mol. The van der Waals surface area contributed by atoms with Crippen molar-refractivity contribution in [2.24, 2.45) is 5.73 Å². The Labute approximate surface area is 115 Å². The van der Waals surface area contributed by atoms with Gasteiger partial charge in [0.25, 0.3) is 0 Å². The molecule has 0 aliphatic heterocycles. The molecule has 5 nitrogen and oxygen atoms in total. The van der Waals surface area contributed by atoms with Crippen molar-refractivity contribution >= 4 is 24.2 Å². The highest BCUT2D eigenvalue weighted by Gasteiger charge is 2.18. The summed E-state index contributed by atoms with van der Waals surface area (Å²) in [7, 11) is 3.96. The summed E-state index contributed by atoms with van der Waals surface area (Å²) in [5, 5.41) is 3.39. The van der Waals surface area contributed by atoms with Gasteiger partial charge in [-0.25, -0.2) is 4.98 Å². The van der Waals surface area contributed by atoms with E-state index in [9.17, 15) is 0 Å². The SMILES string of the molecule is CN(C)c1ccnc(NC2CCC(N)CC2)n1.Cl. The normalized spacial score (nSPS) is 23.1. The zero-order valence-corrected chi connectivity index (χ0v) is 11.8. The van der Waals surface area contributed by atoms with Crippen molar-refractivity contribution in [3.05, 3.63) is 12.3 Å². The lowest BCUT2D eigenvalue weighted by Crippen LogP contribution is -2.33. The lowest BCUT2D eigenvalue weighted by Gasteiger charge is -2.27. The maximum absolute atomic E-state index is 5.89. The molecule has 102 valence electrons. The minimum atomic E-state index is 0. The summed E-state index contributed by atoms with van der Waals surface area (Å²) >= 11 is 0. The number of halogens is 1. The fourth-order valence-electron chi connectivity index (χ4n) is 2.11. The van der Waals surface area contributed by atoms with Crippen LogP contribution in [-0.2, 0) is 0 Å². The molecule has 6 heteroatoms. The lowest BCUT2D eigenvalue weighted by atomic mass is 9.92. The Morgan fingerprint density at radius 3 is 2.56 bits per heavy atom. The quantitative estimate of drug-likeness (QED) is 0.875. The maximum atomic E-state index is 5.89. The molecule has 1 aliphatic carbocycles. The molecule has 1 aliphatic rings. The van der Waals surface area contributed by atoms with Crippen LogP contribution in [0.5, 0.6) is 0 Å². The highest BCUT2D eigenvalue weighted by Crippen LogP contribution is 2.20. The third kappa shape index (κ3) is 3.99. The first-order valence-corrected chi connectivity index (χ1v) is 6.17. The van der Waals surface area contributed by atoms with Gasteiger partial charge < -0.3 is 16.0 Å². The Morgan fingerprint density at radius 2 is 1.94 bits per heavy atom. The molecule has 0 spiro atoms. The molecule has 0 bridgehead atoms. The average Bonchev–Trinajstić information content (AvgIpc) is 2.32. The third-order valence-electron chi connectivity index (χ3n) is 3.20. The first kappa shape index (κ1) is 15.0. The molecule has 1 fully saturated rings. The predicted octanol–water partition coefficient (Wildman–Crippen LogP) is 1.65. The maximum Gasteiger partial charge on any atom is 0.224 e. The molecule has 18 heavy (non-hydrogen) atoms. The highest BCUT2D eigenvalue weighted by atomic mass is 35.5. The summed E-state index contributed by atoms with van der Waals surface area (Å²) in [6, 6.07) is 2.75. The van der Waals surface area contributed by atoms with Gasteiger partial charge in [0.15, 0.2) is 0 Å². The van der Waals surface area contributed by atoms with Gasteiger partial charge in [-0.2, -0.15) is 4.98 Å². The third-order valence-corrected chi connectivity index (χ3v) is 3.20. The Balaban J connectivity index is 0.00000162. The van der Waals surface area contributed by atoms with Crippen LogP contribution in [0.15, 0.2) is 12.3 Å². The molecule has 1 heterocycles. The van der Waals surface area contributed by atoms with E-state index in [2.05, 4.69) is 15.3 Å². The Bertz CT molecular complexity index is 363. The fourth-order valence-corrected chi connectivity index (χ4v) is 2.11. The number of aromatic nitrogens is 2. The van der Waals surface area contributed by atoms with Crippen molar-refractivity contribution in [2.75, 3.05) is 24.3 Å². The van der Waals surface area contributed by atoms with E-state index in [1.54, 1.807) is 6.20 Å². The smallest absolute Gasteiger partial charge is 0.224 e. The minimum Gasteiger partial charge on any atom is -0.363 e. The van der Waals surface area contributed by atoms with Gasteiger partial charge in [0.05, 0.1) is 0 Å². The summed E-state index contributed by atoms with van der Waals surface area (Å²) in [4.78, 5) is 10.7. The van der Waals surface area contributed by atoms with Crippen molar-refractivity contribution in [2.45, 2.75) is 37.8 Å². The molecule has 1 saturated carbocycles. The first-order chi connectivity index (χ1) is 8.15. The number of hydrogen-bond donors (Lipinski definition) is 2. The topological polar surface area (TPSA) is 67.1 Å². The number of hydrogen-bond acceptors (Lipinski definition) is 5. The molecule has 0 radical (unpaired) electrons. The van der Waals surface area contributed by atoms with Crippen LogP contribution in [0.2, 0.25) is 0 Å². The van der Waals surface area contributed by atoms with Crippen LogP contribution < -0.4 is 16.0 Å². The highest BCUT2D eigenvalue weighted by molar-refractivity contribution is 5.85. The van der Waals surface area contributed by atoms with E-state index in [0.29, 0.717) is 12.1 Å². The van der Waals surface area contributed by atoms with Gasteiger partial charge in [-0.15, -0.1) is 12.4 Å². The van der Waals surface area contributed by atoms with E-state index in [0.717, 1.165) is 37.4 Å². The Morgan fingerprint density at radius 1 is 1.28 bits per heavy atom. The van der Waals surface area contributed by atoms with E-state index in [1.165, 1.54) is 0 Å². The summed E-state index contributed by atoms with van der Waals surface area (Å²) in [5.41, 5.74) is 5.89. The Hall–Kier alpha value is -1.07. The summed E-state index contributed by atoms with van der Waals surface area (Å²) in [6.45, 7) is 0. The summed E-state index contributed by atoms with van der Waals surface area (Å²) < 4.78 is 0. The van der Waals surface area contributed by atoms with Crippen LogP contribution in [-0.4, -0.2) is 36.1 Å². The van der Waals surface area contributed by atoms with Gasteiger partial charge in [0.2, 0.25) is 5.95 Å². The molecule has 2 rings (SSSR count). The molecule has 0 atom stereocenters. The van der Waals surface area contributed by atoms with Gasteiger partial charge in [0, 0.05) is 32.4 Å². The average molecular weight is 272 g/mol. The van der Waals surface area contributed by atoms with Gasteiger partial charge in [-0.3, -0.25) is 0 Å². The molecule has 3 N–H and O–H groups in total. The van der Waals surface area contributed by atoms with Crippen LogP contribution in [0.3, 0.4) is 0 Å². The molecule has 0 amide bonds. The van der Waals surface area contributed by atoms with Gasteiger partial charge in [-0.1, -0.05) is 0 Å². The van der Waals surface area contributed by atoms with Gasteiger partial charge >= 0.3 is 0 Å². The molecular weight excluding hydrogens is 250 g/mol. The number of nitrogens with one attached hydrogen (secondary N) is 1. The number of nitrogens with zero attached hydrogens (tertiary/aromatic N) is 3. The molecule has 0 saturated heterocycles. The molecule has 0 aromatic carbocycles. The largest absolute Gasteiger partial charge is 0.363 e. The molecule has 1 aromatic heterocycles. The zero-order valence-electron chi connectivity index (χ0n) is 11.0. The van der Waals surface area contributed by atoms with Crippen molar-refractivity contribution in [3.63, 3.8) is 0 Å². The van der Waals surface area contributed by atoms with E-state index in [1.807, 2.05) is 25.1 Å². The molecule has 1 aromatic rings. The summed E-state index contributed by atoms with van der Waals surface area (Å²) in [6.07, 6.45) is 6.18. The minimum absolute atomic E-state index is 0. The zero-order chi connectivity index (χ0) is 12.3. The molecule has 0 unspecified atom stereocenters. The van der Waals surface area contributed by atoms with Crippen LogP contribution >= 0.6 is 12.4 Å². The number of nitrogens with two attached hydrogens (primary N) is 1. The van der Waals surface area contributed by atoms with Crippen molar-refractivity contribution in [3.8, 4) is 0 Å². The van der Waals surface area contributed by atoms with Crippen molar-refractivity contribution in [1.82, 2.24) is 9.97 Å². The van der Waals surface area contributed by atoms with Crippen LogP contribution in [0, 0.1) is 0 Å². The first-order valence-electron chi connectivity index (χ1n) is 6.17. The van der Waals surface area contributed by atoms with Crippen LogP contribution in [0.1, 0.15) is 25.7 Å². The van der Waals surface area contributed by atoms with E-state index in [4.69, 9.17) is 5.73 Å². The fraction of sp³-hybridized carbons (Fsp3) is 0.667. The standard InChI is InChI=1S/C12H21N5.ClH/c1-17(2)11-7-8-14-12(16-11)15-10-5-3-9(13)4-6-10;/h7-10H,3-6,13H2,1-2H3,(H,14,15,16);1H. The monoisotopic (exact) mass is 271 g/mol. The van der Waals surface area contributed by atoms with Crippen LogP contribution in [0.4, 0.5) is 11.8 Å². The van der Waals surface area contributed by atoms with E-state index < -0.39 is 0 Å². The Kier molecular flexibility index (Phi) is 5.62. The number of anilines is 2. The van der Waals surface area contributed by atoms with Crippen LogP contribution in [0.25, 0.3) is 0 Å².